The van der Waals surface area contributed by atoms with Crippen LogP contribution >= 0.6 is 0 Å². The van der Waals surface area contributed by atoms with Crippen LogP contribution in [0.5, 0.6) is 5.88 Å². The van der Waals surface area contributed by atoms with E-state index >= 15 is 0 Å². The number of carboxylic acid groups (broad SMARTS) is 1. The summed E-state index contributed by atoms with van der Waals surface area (Å²) in [5.41, 5.74) is 0.629. The summed E-state index contributed by atoms with van der Waals surface area (Å²) >= 11 is 0. The molecule has 1 aromatic heterocycles. The van der Waals surface area contributed by atoms with E-state index < -0.39 is 17.6 Å². The number of ether oxygens (including phenoxy) is 1. The summed E-state index contributed by atoms with van der Waals surface area (Å²) in [6.45, 7) is -0.426. The number of aliphatic hydroxyl groups excluding tert-OH is 1. The minimum atomic E-state index is -1.28. The molecule has 0 aliphatic heterocycles. The molecule has 2 aromatic carbocycles. The number of carbonyl (C=O) groups is 2. The van der Waals surface area contributed by atoms with Crippen LogP contribution in [-0.2, 0) is 24.6 Å². The van der Waals surface area contributed by atoms with Gasteiger partial charge in [0, 0.05) is 17.7 Å². The van der Waals surface area contributed by atoms with Crippen molar-refractivity contribution in [2.24, 2.45) is 0 Å². The SMILES string of the molecule is O=C(Cn1nc(C(=O)O)cc1OCc1cccc(F)c1F)NC1CCCCC1.OCc1ccccc1. The van der Waals surface area contributed by atoms with E-state index in [1.165, 1.54) is 12.1 Å². The van der Waals surface area contributed by atoms with Crippen molar-refractivity contribution >= 4 is 11.9 Å². The van der Waals surface area contributed by atoms with Gasteiger partial charge in [0.15, 0.2) is 17.3 Å². The third-order valence-electron chi connectivity index (χ3n) is 5.66. The van der Waals surface area contributed by atoms with Gasteiger partial charge in [-0.2, -0.15) is 5.10 Å². The Hall–Kier alpha value is -3.79. The third kappa shape index (κ3) is 7.88. The lowest BCUT2D eigenvalue weighted by Crippen LogP contribution is -2.38. The lowest BCUT2D eigenvalue weighted by molar-refractivity contribution is -0.122. The summed E-state index contributed by atoms with van der Waals surface area (Å²) in [7, 11) is 0. The highest BCUT2D eigenvalue weighted by atomic mass is 19.2. The number of aliphatic hydroxyl groups is 1. The number of carboxylic acids is 1. The molecule has 4 rings (SSSR count). The minimum absolute atomic E-state index is 0.0140. The summed E-state index contributed by atoms with van der Waals surface area (Å²) in [5.74, 6) is -3.66. The molecule has 0 unspecified atom stereocenters. The summed E-state index contributed by atoms with van der Waals surface area (Å²) in [4.78, 5) is 23.5. The molecule has 0 bridgehead atoms. The van der Waals surface area contributed by atoms with Gasteiger partial charge in [-0.25, -0.2) is 18.3 Å². The zero-order chi connectivity index (χ0) is 25.9. The fourth-order valence-corrected chi connectivity index (χ4v) is 3.78. The van der Waals surface area contributed by atoms with Crippen LogP contribution < -0.4 is 10.1 Å². The molecule has 1 saturated carbocycles. The van der Waals surface area contributed by atoms with Gasteiger partial charge in [-0.3, -0.25) is 4.79 Å². The van der Waals surface area contributed by atoms with Crippen molar-refractivity contribution in [1.29, 1.82) is 0 Å². The molecule has 0 spiro atoms. The molecule has 0 radical (unpaired) electrons. The predicted octanol–water partition coefficient (Wildman–Crippen LogP) is 4.07. The van der Waals surface area contributed by atoms with Crippen LogP contribution in [-0.4, -0.2) is 37.9 Å². The number of amides is 1. The average molecular weight is 502 g/mol. The maximum Gasteiger partial charge on any atom is 0.356 e. The maximum atomic E-state index is 13.8. The zero-order valence-corrected chi connectivity index (χ0v) is 19.7. The van der Waals surface area contributed by atoms with Gasteiger partial charge in [-0.05, 0) is 24.5 Å². The monoisotopic (exact) mass is 501 g/mol. The Morgan fingerprint density at radius 2 is 1.78 bits per heavy atom. The van der Waals surface area contributed by atoms with E-state index in [2.05, 4.69) is 10.4 Å². The van der Waals surface area contributed by atoms with Gasteiger partial charge in [0.2, 0.25) is 11.8 Å². The molecular formula is C26H29F2N3O5. The van der Waals surface area contributed by atoms with E-state index in [4.69, 9.17) is 14.9 Å². The Kier molecular flexibility index (Phi) is 9.93. The third-order valence-corrected chi connectivity index (χ3v) is 5.66. The number of benzene rings is 2. The van der Waals surface area contributed by atoms with Crippen LogP contribution in [0.4, 0.5) is 8.78 Å². The number of nitrogens with one attached hydrogen (secondary N) is 1. The lowest BCUT2D eigenvalue weighted by atomic mass is 9.95. The van der Waals surface area contributed by atoms with Crippen LogP contribution in [0.1, 0.15) is 53.7 Å². The number of hydrogen-bond donors (Lipinski definition) is 3. The largest absolute Gasteiger partial charge is 0.476 e. The topological polar surface area (TPSA) is 114 Å². The van der Waals surface area contributed by atoms with E-state index in [1.807, 2.05) is 30.3 Å². The first-order valence-corrected chi connectivity index (χ1v) is 11.7. The number of aromatic nitrogens is 2. The first-order chi connectivity index (χ1) is 17.4. The van der Waals surface area contributed by atoms with Gasteiger partial charge >= 0.3 is 5.97 Å². The molecule has 1 heterocycles. The number of halogens is 2. The molecule has 3 aromatic rings. The summed E-state index contributed by atoms with van der Waals surface area (Å²) in [6.07, 6.45) is 5.09. The molecule has 1 aliphatic carbocycles. The van der Waals surface area contributed by atoms with Crippen molar-refractivity contribution < 1.29 is 33.3 Å². The second-order valence-electron chi connectivity index (χ2n) is 8.38. The van der Waals surface area contributed by atoms with E-state index in [1.54, 1.807) is 0 Å². The second-order valence-corrected chi connectivity index (χ2v) is 8.38. The fraction of sp³-hybridized carbons (Fsp3) is 0.346. The molecule has 192 valence electrons. The highest BCUT2D eigenvalue weighted by Crippen LogP contribution is 2.20. The number of carbonyl (C=O) groups excluding carboxylic acids is 1. The fourth-order valence-electron chi connectivity index (χ4n) is 3.78. The molecule has 10 heteroatoms. The number of nitrogens with zero attached hydrogens (tertiary/aromatic N) is 2. The Bertz CT molecular complexity index is 1150. The Morgan fingerprint density at radius 1 is 1.06 bits per heavy atom. The number of hydrogen-bond acceptors (Lipinski definition) is 5. The molecule has 1 aliphatic rings. The van der Waals surface area contributed by atoms with E-state index in [9.17, 15) is 18.4 Å². The lowest BCUT2D eigenvalue weighted by Gasteiger charge is -2.22. The molecule has 1 amide bonds. The Labute approximate surface area is 207 Å². The molecule has 3 N–H and O–H groups in total. The Balaban J connectivity index is 0.000000383. The van der Waals surface area contributed by atoms with Crippen molar-refractivity contribution in [2.45, 2.75) is 57.9 Å². The summed E-state index contributed by atoms with van der Waals surface area (Å²) in [6, 6.07) is 14.5. The molecule has 36 heavy (non-hydrogen) atoms. The normalized spacial score (nSPS) is 13.4. The van der Waals surface area contributed by atoms with Crippen molar-refractivity contribution in [3.63, 3.8) is 0 Å². The van der Waals surface area contributed by atoms with Gasteiger partial charge in [0.25, 0.3) is 0 Å². The van der Waals surface area contributed by atoms with Crippen LogP contribution in [0.15, 0.2) is 54.6 Å². The van der Waals surface area contributed by atoms with Crippen LogP contribution in [0, 0.1) is 11.6 Å². The summed E-state index contributed by atoms with van der Waals surface area (Å²) < 4.78 is 33.6. The van der Waals surface area contributed by atoms with Crippen molar-refractivity contribution in [3.05, 3.63) is 83.1 Å². The molecule has 0 atom stereocenters. The highest BCUT2D eigenvalue weighted by Gasteiger charge is 2.20. The van der Waals surface area contributed by atoms with Crippen molar-refractivity contribution in [3.8, 4) is 5.88 Å². The van der Waals surface area contributed by atoms with Crippen molar-refractivity contribution in [2.75, 3.05) is 0 Å². The van der Waals surface area contributed by atoms with Crippen LogP contribution in [0.25, 0.3) is 0 Å². The summed E-state index contributed by atoms with van der Waals surface area (Å²) in [5, 5.41) is 24.4. The number of rotatable bonds is 8. The van der Waals surface area contributed by atoms with E-state index in [0.717, 1.165) is 54.5 Å². The first-order valence-electron chi connectivity index (χ1n) is 11.7. The average Bonchev–Trinajstić information content (AvgIpc) is 3.29. The predicted molar refractivity (Wildman–Crippen MR) is 127 cm³/mol. The van der Waals surface area contributed by atoms with Gasteiger partial charge in [0.05, 0.1) is 6.61 Å². The van der Waals surface area contributed by atoms with Crippen LogP contribution in [0.3, 0.4) is 0 Å². The smallest absolute Gasteiger partial charge is 0.356 e. The van der Waals surface area contributed by atoms with Gasteiger partial charge in [0.1, 0.15) is 13.2 Å². The Morgan fingerprint density at radius 3 is 2.42 bits per heavy atom. The molecule has 0 saturated heterocycles. The van der Waals surface area contributed by atoms with Gasteiger partial charge < -0.3 is 20.3 Å². The minimum Gasteiger partial charge on any atom is -0.476 e. The highest BCUT2D eigenvalue weighted by molar-refractivity contribution is 5.85. The van der Waals surface area contributed by atoms with E-state index in [0.29, 0.717) is 0 Å². The number of aromatic carboxylic acids is 1. The first kappa shape index (κ1) is 26.8. The zero-order valence-electron chi connectivity index (χ0n) is 19.7. The van der Waals surface area contributed by atoms with Gasteiger partial charge in [-0.1, -0.05) is 61.7 Å². The van der Waals surface area contributed by atoms with Crippen molar-refractivity contribution in [1.82, 2.24) is 15.1 Å². The molecular weight excluding hydrogens is 472 g/mol. The maximum absolute atomic E-state index is 13.8. The second kappa shape index (κ2) is 13.3. The van der Waals surface area contributed by atoms with Gasteiger partial charge in [-0.15, -0.1) is 0 Å². The standard InChI is InChI=1S/C19H21F2N3O4.C7H8O/c20-14-8-4-5-12(18(14)21)11-28-17-9-15(19(26)27)23-24(17)10-16(25)22-13-6-2-1-3-7-13;8-6-7-4-2-1-3-5-7/h4-5,8-9,13H,1-3,6-7,10-11H2,(H,22,25)(H,26,27);1-5,8H,6H2. The quantitative estimate of drug-likeness (QED) is 0.429. The van der Waals surface area contributed by atoms with Crippen LogP contribution in [0.2, 0.25) is 0 Å². The molecule has 8 nitrogen and oxygen atoms in total. The van der Waals surface area contributed by atoms with E-state index in [-0.39, 0.29) is 48.8 Å². The molecule has 1 fully saturated rings.